The largest absolute Gasteiger partial charge is 0.490 e. The SMILES string of the molecule is CCN(CC)c1ccc2c(-c3ccccc3C(=O)N[C@@H](CCC(N)=O)C(=O)N[C@@H](CCCNC(=N)N)C(=O)N[C@@H](CC(C)C)C(=O)N[C@@H](Cc3ccccc3)C(=O)N[C@@H](CCC(N)=O)C(=O)N[C@H](C(=O)N[C@@H](CCCCN)C(=O)NCC(=O)N[C@@H](CCCNC(=N)N)C(=O)N[C@@H](CCCNC(=N)N)C(=O)O)C(C)C)c3ccc(N(CC)CC)cc3[o+]c2c1.O=C(O)C(F)(F)F. The lowest BCUT2D eigenvalue weighted by molar-refractivity contribution is -0.192. The van der Waals surface area contributed by atoms with Crippen molar-refractivity contribution in [2.24, 2.45) is 46.2 Å². The molecule has 0 aliphatic heterocycles. The van der Waals surface area contributed by atoms with Crippen molar-refractivity contribution in [1.82, 2.24) is 69.1 Å². The number of nitrogens with two attached hydrogens (primary N) is 6. The average molecular weight is 1830 g/mol. The minimum atomic E-state index is -5.08. The molecule has 0 bridgehead atoms. The molecule has 0 unspecified atom stereocenters. The number of benzene rings is 4. The van der Waals surface area contributed by atoms with Crippen LogP contribution in [0.4, 0.5) is 24.5 Å². The van der Waals surface area contributed by atoms with Gasteiger partial charge in [-0.05, 0) is 165 Å². The maximum Gasteiger partial charge on any atom is 0.490 e. The summed E-state index contributed by atoms with van der Waals surface area (Å²) >= 11 is 0. The number of carbonyl (C=O) groups excluding carboxylic acids is 12. The van der Waals surface area contributed by atoms with Gasteiger partial charge < -0.3 is 124 Å². The third-order valence-corrected chi connectivity index (χ3v) is 20.6. The highest BCUT2D eigenvalue weighted by Crippen LogP contribution is 2.41. The highest BCUT2D eigenvalue weighted by atomic mass is 19.4. The topological polar surface area (TPSA) is 681 Å². The number of nitrogens with zero attached hydrogens (tertiary/aromatic N) is 2. The van der Waals surface area contributed by atoms with Gasteiger partial charge in [0.15, 0.2) is 17.9 Å². The standard InChI is InChI=1S/C84H126N24O15.C2HF3O2/c1-9-107(10-2)51-31-33-55-65(45-51)123-66-46-52(108(11-3)12-4)32-34-56(66)70(55)53-25-16-17-26-54(53)72(112)99-60(35-37-67(86)109)76(116)100-59(29-21-41-95-83(90)91)75(115)104-63(43-48(5)6)78(118)105-64(44-50-23-14-13-15-24-50)79(119)101-61(36-38-68(87)110)77(117)106-71(49(7)8)80(120)102-57(27-18-19-39-85)73(113)97-47-69(111)98-58(28-20-40-94-82(88)89)74(114)103-62(81(121)122)30-22-42-96-84(92)93;3-2(4,5)1(6)7/h13-17,23-26,31-34,45-46,48-49,57-64,71H,9-12,18-22,27-30,35-44,47,85H2,1-8H3,(H26-,86,87,88,89,90,91,92,93,94,95,96,97,98,99,100,101,102,103,104,105,106,109,110,111,112,113,114,115,116,117,118,119,120,121,122);(H,6,7)/p+1/t57-,58-,59-,60-,61-,62-,63-,64-,71-;/m0./s1. The second-order valence-corrected chi connectivity index (χ2v) is 31.4. The van der Waals surface area contributed by atoms with Gasteiger partial charge in [-0.3, -0.25) is 73.8 Å². The third-order valence-electron chi connectivity index (χ3n) is 20.6. The average Bonchev–Trinajstić information content (AvgIpc) is 0.743. The molecule has 0 fully saturated rings. The minimum Gasteiger partial charge on any atom is -0.480 e. The lowest BCUT2D eigenvalue weighted by Crippen LogP contribution is -2.61. The lowest BCUT2D eigenvalue weighted by atomic mass is 9.92. The number of nitrogens with one attached hydrogen (secondary N) is 16. The predicted molar refractivity (Wildman–Crippen MR) is 483 cm³/mol. The van der Waals surface area contributed by atoms with Crippen molar-refractivity contribution < 1.29 is 94.9 Å². The Kier molecular flexibility index (Phi) is 46.1. The maximum absolute atomic E-state index is 15.1. The number of hydrogen-bond acceptors (Lipinski definition) is 20. The van der Waals surface area contributed by atoms with E-state index in [1.807, 2.05) is 36.4 Å². The Morgan fingerprint density at radius 3 is 1.28 bits per heavy atom. The highest BCUT2D eigenvalue weighted by molar-refractivity contribution is 6.14. The first kappa shape index (κ1) is 109. The molecule has 5 aromatic rings. The molecule has 4 aromatic carbocycles. The van der Waals surface area contributed by atoms with Crippen LogP contribution < -0.4 is 113 Å². The highest BCUT2D eigenvalue weighted by Gasteiger charge is 2.40. The monoisotopic (exact) mass is 1830 g/mol. The Bertz CT molecular complexity index is 4640. The number of alkyl halides is 3. The fourth-order valence-electron chi connectivity index (χ4n) is 13.8. The van der Waals surface area contributed by atoms with Crippen LogP contribution in [0, 0.1) is 28.1 Å². The molecule has 130 heavy (non-hydrogen) atoms. The number of carbonyl (C=O) groups is 14. The van der Waals surface area contributed by atoms with E-state index in [0.717, 1.165) is 37.6 Å². The van der Waals surface area contributed by atoms with Crippen LogP contribution in [0.1, 0.15) is 161 Å². The van der Waals surface area contributed by atoms with Gasteiger partial charge in [0.25, 0.3) is 5.91 Å². The molecule has 0 radical (unpaired) electrons. The van der Waals surface area contributed by atoms with Crippen molar-refractivity contribution in [3.8, 4) is 11.1 Å². The molecule has 30 N–H and O–H groups in total. The van der Waals surface area contributed by atoms with Gasteiger partial charge in [0, 0.05) is 87.6 Å². The summed E-state index contributed by atoms with van der Waals surface area (Å²) in [6.07, 6.45) is -6.27. The summed E-state index contributed by atoms with van der Waals surface area (Å²) in [5, 5.41) is 75.2. The maximum atomic E-state index is 15.1. The number of hydrogen-bond donors (Lipinski definition) is 24. The molecule has 0 saturated carbocycles. The zero-order valence-corrected chi connectivity index (χ0v) is 74.5. The molecule has 1 aromatic heterocycles. The van der Waals surface area contributed by atoms with E-state index in [2.05, 4.69) is 107 Å². The van der Waals surface area contributed by atoms with Crippen LogP contribution in [0.5, 0.6) is 0 Å². The van der Waals surface area contributed by atoms with Crippen molar-refractivity contribution in [3.05, 3.63) is 102 Å². The van der Waals surface area contributed by atoms with Crippen LogP contribution in [0.3, 0.4) is 0 Å². The molecule has 41 nitrogen and oxygen atoms in total. The van der Waals surface area contributed by atoms with Gasteiger partial charge in [0.2, 0.25) is 65.0 Å². The smallest absolute Gasteiger partial charge is 0.480 e. The van der Waals surface area contributed by atoms with Gasteiger partial charge in [-0.15, -0.1) is 0 Å². The molecule has 0 saturated heterocycles. The molecule has 1 heterocycles. The van der Waals surface area contributed by atoms with Crippen LogP contribution in [-0.2, 0) is 68.7 Å². The number of amides is 12. The first-order chi connectivity index (χ1) is 61.5. The molecule has 5 rings (SSSR count). The van der Waals surface area contributed by atoms with Crippen LogP contribution in [0.25, 0.3) is 33.1 Å². The Hall–Kier alpha value is -13.7. The number of primary amides is 2. The van der Waals surface area contributed by atoms with Gasteiger partial charge in [0.1, 0.15) is 54.4 Å². The van der Waals surface area contributed by atoms with E-state index in [1.165, 1.54) is 0 Å². The molecule has 9 atom stereocenters. The molecule has 714 valence electrons. The number of rotatable bonds is 55. The zero-order chi connectivity index (χ0) is 97.1. The minimum absolute atomic E-state index is 0.0354. The van der Waals surface area contributed by atoms with Gasteiger partial charge in [-0.2, -0.15) is 13.2 Å². The van der Waals surface area contributed by atoms with Crippen molar-refractivity contribution in [3.63, 3.8) is 0 Å². The number of guanidine groups is 3. The number of carboxylic acids is 2. The van der Waals surface area contributed by atoms with Crippen molar-refractivity contribution in [2.75, 3.05) is 68.7 Å². The summed E-state index contributed by atoms with van der Waals surface area (Å²) in [7, 11) is 0. The van der Waals surface area contributed by atoms with E-state index in [4.69, 9.17) is 64.9 Å². The van der Waals surface area contributed by atoms with Crippen LogP contribution in [0.15, 0.2) is 95.4 Å². The molecule has 12 amide bonds. The molecule has 0 aliphatic rings. The Morgan fingerprint density at radius 2 is 0.838 bits per heavy atom. The summed E-state index contributed by atoms with van der Waals surface area (Å²) < 4.78 is 38.5. The summed E-state index contributed by atoms with van der Waals surface area (Å²) in [5.41, 5.74) is 38.2. The number of aliphatic carboxylic acids is 2. The van der Waals surface area contributed by atoms with Crippen LogP contribution in [-0.4, -0.2) is 230 Å². The second-order valence-electron chi connectivity index (χ2n) is 31.4. The van der Waals surface area contributed by atoms with E-state index in [1.54, 1.807) is 82.3 Å². The lowest BCUT2D eigenvalue weighted by Gasteiger charge is -2.29. The number of unbranched alkanes of at least 4 members (excludes halogenated alkanes) is 1. The van der Waals surface area contributed by atoms with E-state index in [0.29, 0.717) is 45.0 Å². The van der Waals surface area contributed by atoms with Crippen LogP contribution >= 0.6 is 0 Å². The normalized spacial score (nSPS) is 13.2. The fraction of sp³-hybridized carbons (Fsp3) is 0.512. The first-order valence-corrected chi connectivity index (χ1v) is 43.0. The summed E-state index contributed by atoms with van der Waals surface area (Å²) in [6.45, 7) is 17.5. The molecule has 0 aliphatic carbocycles. The predicted octanol–water partition coefficient (Wildman–Crippen LogP) is 1.43. The summed E-state index contributed by atoms with van der Waals surface area (Å²) in [4.78, 5) is 196. The Labute approximate surface area is 751 Å². The molecule has 44 heteroatoms. The molecule has 0 spiro atoms. The van der Waals surface area contributed by atoms with E-state index >= 15 is 14.4 Å². The second kappa shape index (κ2) is 55.1. The number of carboxylic acid groups (broad SMARTS) is 2. The zero-order valence-electron chi connectivity index (χ0n) is 74.5. The van der Waals surface area contributed by atoms with Gasteiger partial charge in [-0.25, -0.2) is 14.0 Å². The Morgan fingerprint density at radius 1 is 0.446 bits per heavy atom. The molecular weight excluding hydrogens is 1700 g/mol. The van der Waals surface area contributed by atoms with Gasteiger partial charge in [-0.1, -0.05) is 76.2 Å². The van der Waals surface area contributed by atoms with Crippen molar-refractivity contribution in [1.29, 1.82) is 16.2 Å². The van der Waals surface area contributed by atoms with E-state index < -0.39 is 169 Å². The summed E-state index contributed by atoms with van der Waals surface area (Å²) in [5.74, 6) is -16.9. The number of anilines is 2. The molecular formula is C86H128F3N24O17+. The van der Waals surface area contributed by atoms with Crippen LogP contribution in [0.2, 0.25) is 0 Å². The Balaban J connectivity index is 0.00000484. The van der Waals surface area contributed by atoms with Crippen molar-refractivity contribution >= 4 is 134 Å². The first-order valence-electron chi connectivity index (χ1n) is 43.0. The fourth-order valence-corrected chi connectivity index (χ4v) is 13.8. The van der Waals surface area contributed by atoms with Gasteiger partial charge >= 0.3 is 29.3 Å². The quantitative estimate of drug-likeness (QED) is 0.00861. The van der Waals surface area contributed by atoms with E-state index in [9.17, 15) is 66.2 Å². The third kappa shape index (κ3) is 37.3. The number of fused-ring (bicyclic) bond motifs is 2. The van der Waals surface area contributed by atoms with E-state index in [-0.39, 0.29) is 133 Å². The summed E-state index contributed by atoms with van der Waals surface area (Å²) in [6, 6.07) is 13.8. The number of halogens is 3. The van der Waals surface area contributed by atoms with Crippen molar-refractivity contribution in [2.45, 2.75) is 212 Å². The van der Waals surface area contributed by atoms with Gasteiger partial charge in [0.05, 0.1) is 29.4 Å².